The van der Waals surface area contributed by atoms with E-state index in [0.717, 1.165) is 5.56 Å². The predicted octanol–water partition coefficient (Wildman–Crippen LogP) is 3.73. The van der Waals surface area contributed by atoms with Crippen LogP contribution in [0.1, 0.15) is 26.3 Å². The summed E-state index contributed by atoms with van der Waals surface area (Å²) in [6.07, 6.45) is 0.205. The summed E-state index contributed by atoms with van der Waals surface area (Å²) in [5, 5.41) is 0.662. The maximum atomic E-state index is 12.6. The third-order valence-electron chi connectivity index (χ3n) is 3.87. The lowest BCUT2D eigenvalue weighted by atomic mass is 10.1. The second-order valence-electron chi connectivity index (χ2n) is 7.06. The van der Waals surface area contributed by atoms with Crippen molar-refractivity contribution in [1.29, 1.82) is 0 Å². The van der Waals surface area contributed by atoms with Crippen molar-refractivity contribution >= 4 is 39.5 Å². The highest BCUT2D eigenvalue weighted by Crippen LogP contribution is 2.21. The van der Waals surface area contributed by atoms with Crippen LogP contribution in [0.5, 0.6) is 0 Å². The van der Waals surface area contributed by atoms with Crippen LogP contribution >= 0.6 is 27.5 Å². The molecule has 0 N–H and O–H groups in total. The number of halogens is 2. The van der Waals surface area contributed by atoms with Gasteiger partial charge in [0, 0.05) is 31.2 Å². The minimum atomic E-state index is -0.514. The fourth-order valence-electron chi connectivity index (χ4n) is 2.58. The van der Waals surface area contributed by atoms with Gasteiger partial charge in [-0.2, -0.15) is 0 Å². The molecule has 7 heteroatoms. The van der Waals surface area contributed by atoms with Gasteiger partial charge >= 0.3 is 6.09 Å². The lowest BCUT2D eigenvalue weighted by molar-refractivity contribution is -0.132. The van der Waals surface area contributed by atoms with Crippen molar-refractivity contribution in [2.75, 3.05) is 26.2 Å². The molecule has 1 aromatic carbocycles. The Hall–Kier alpha value is -1.27. The third-order valence-corrected chi connectivity index (χ3v) is 4.95. The smallest absolute Gasteiger partial charge is 0.410 e. The maximum absolute atomic E-state index is 12.6. The van der Waals surface area contributed by atoms with E-state index in [1.807, 2.05) is 45.0 Å². The van der Waals surface area contributed by atoms with Crippen LogP contribution < -0.4 is 0 Å². The summed E-state index contributed by atoms with van der Waals surface area (Å²) < 4.78 is 5.37. The molecule has 0 radical (unpaired) electrons. The molecule has 0 aromatic heterocycles. The summed E-state index contributed by atoms with van der Waals surface area (Å²) in [5.74, 6) is 0.0174. The first kappa shape index (κ1) is 20.0. The van der Waals surface area contributed by atoms with Gasteiger partial charge in [0.15, 0.2) is 0 Å². The van der Waals surface area contributed by atoms with Crippen LogP contribution in [0.4, 0.5) is 4.79 Å². The zero-order chi connectivity index (χ0) is 18.6. The van der Waals surface area contributed by atoms with Crippen molar-refractivity contribution in [2.45, 2.75) is 37.6 Å². The third kappa shape index (κ3) is 5.89. The monoisotopic (exact) mass is 430 g/mol. The van der Waals surface area contributed by atoms with Crippen LogP contribution in [-0.4, -0.2) is 58.4 Å². The van der Waals surface area contributed by atoms with Crippen LogP contribution in [-0.2, 0) is 16.0 Å². The molecule has 5 nitrogen and oxygen atoms in total. The Balaban J connectivity index is 1.86. The first-order valence-corrected chi connectivity index (χ1v) is 9.61. The average Bonchev–Trinajstić information content (AvgIpc) is 2.55. The molecule has 1 aliphatic heterocycles. The van der Waals surface area contributed by atoms with Crippen LogP contribution in [0.2, 0.25) is 5.02 Å². The van der Waals surface area contributed by atoms with E-state index >= 15 is 0 Å². The number of piperazine rings is 1. The highest BCUT2D eigenvalue weighted by atomic mass is 79.9. The molecule has 2 rings (SSSR count). The summed E-state index contributed by atoms with van der Waals surface area (Å²) in [6, 6.07) is 7.52. The molecule has 1 saturated heterocycles. The van der Waals surface area contributed by atoms with E-state index in [1.54, 1.807) is 9.80 Å². The zero-order valence-corrected chi connectivity index (χ0v) is 17.1. The highest BCUT2D eigenvalue weighted by Gasteiger charge is 2.30. The molecule has 0 bridgehead atoms. The Labute approximate surface area is 162 Å². The number of carbonyl (C=O) groups is 2. The fourth-order valence-corrected chi connectivity index (χ4v) is 3.43. The summed E-state index contributed by atoms with van der Waals surface area (Å²) in [4.78, 5) is 27.8. The van der Waals surface area contributed by atoms with Gasteiger partial charge in [0.2, 0.25) is 5.91 Å². The minimum Gasteiger partial charge on any atom is -0.444 e. The predicted molar refractivity (Wildman–Crippen MR) is 102 cm³/mol. The first-order valence-electron chi connectivity index (χ1n) is 8.31. The summed E-state index contributed by atoms with van der Waals surface area (Å²) in [6.45, 7) is 7.49. The van der Waals surface area contributed by atoms with Gasteiger partial charge in [0.1, 0.15) is 5.60 Å². The van der Waals surface area contributed by atoms with Crippen LogP contribution in [0, 0.1) is 0 Å². The second kappa shape index (κ2) is 8.41. The van der Waals surface area contributed by atoms with Crippen LogP contribution in [0.3, 0.4) is 0 Å². The SMILES string of the molecule is CC(C)(C)OC(=O)N1CCN(C(=O)C(Br)Cc2ccccc2Cl)CC1. The highest BCUT2D eigenvalue weighted by molar-refractivity contribution is 9.10. The molecule has 0 spiro atoms. The molecule has 1 unspecified atom stereocenters. The number of hydrogen-bond acceptors (Lipinski definition) is 3. The summed E-state index contributed by atoms with van der Waals surface area (Å²) >= 11 is 9.64. The van der Waals surface area contributed by atoms with E-state index < -0.39 is 5.60 Å². The average molecular weight is 432 g/mol. The number of alkyl halides is 1. The molecule has 25 heavy (non-hydrogen) atoms. The minimum absolute atomic E-state index is 0.0174. The molecule has 2 amide bonds. The maximum Gasteiger partial charge on any atom is 0.410 e. The molecule has 1 aliphatic rings. The molecular weight excluding hydrogens is 408 g/mol. The lowest BCUT2D eigenvalue weighted by Gasteiger charge is -2.36. The van der Waals surface area contributed by atoms with Crippen molar-refractivity contribution < 1.29 is 14.3 Å². The Kier molecular flexibility index (Phi) is 6.74. The van der Waals surface area contributed by atoms with Crippen LogP contribution in [0.25, 0.3) is 0 Å². The van der Waals surface area contributed by atoms with Crippen molar-refractivity contribution in [3.8, 4) is 0 Å². The van der Waals surface area contributed by atoms with Gasteiger partial charge < -0.3 is 14.5 Å². The lowest BCUT2D eigenvalue weighted by Crippen LogP contribution is -2.53. The van der Waals surface area contributed by atoms with E-state index in [4.69, 9.17) is 16.3 Å². The number of hydrogen-bond donors (Lipinski definition) is 0. The number of amides is 2. The Bertz CT molecular complexity index is 625. The fraction of sp³-hybridized carbons (Fsp3) is 0.556. The van der Waals surface area contributed by atoms with Crippen LogP contribution in [0.15, 0.2) is 24.3 Å². The van der Waals surface area contributed by atoms with Gasteiger partial charge in [-0.25, -0.2) is 4.79 Å². The molecule has 1 heterocycles. The van der Waals surface area contributed by atoms with Gasteiger partial charge in [0.05, 0.1) is 4.83 Å². The van der Waals surface area contributed by atoms with Crippen molar-refractivity contribution in [3.05, 3.63) is 34.9 Å². The zero-order valence-electron chi connectivity index (χ0n) is 14.8. The van der Waals surface area contributed by atoms with E-state index in [0.29, 0.717) is 37.6 Å². The van der Waals surface area contributed by atoms with E-state index in [-0.39, 0.29) is 16.8 Å². The second-order valence-corrected chi connectivity index (χ2v) is 8.57. The Morgan fingerprint density at radius 1 is 1.16 bits per heavy atom. The number of carbonyl (C=O) groups excluding carboxylic acids is 2. The van der Waals surface area contributed by atoms with Gasteiger partial charge in [-0.15, -0.1) is 0 Å². The largest absolute Gasteiger partial charge is 0.444 e. The van der Waals surface area contributed by atoms with Crippen molar-refractivity contribution in [2.24, 2.45) is 0 Å². The topological polar surface area (TPSA) is 49.9 Å². The summed E-state index contributed by atoms with van der Waals surface area (Å²) in [5.41, 5.74) is 0.423. The standard InChI is InChI=1S/C18H24BrClN2O3/c1-18(2,3)25-17(24)22-10-8-21(9-11-22)16(23)14(19)12-13-6-4-5-7-15(13)20/h4-7,14H,8-12H2,1-3H3. The number of ether oxygens (including phenoxy) is 1. The van der Waals surface area contributed by atoms with E-state index in [9.17, 15) is 9.59 Å². The molecular formula is C18H24BrClN2O3. The number of benzene rings is 1. The molecule has 0 saturated carbocycles. The normalized spacial score (nSPS) is 16.5. The van der Waals surface area contributed by atoms with Gasteiger partial charge in [-0.05, 0) is 38.8 Å². The molecule has 138 valence electrons. The van der Waals surface area contributed by atoms with Crippen molar-refractivity contribution in [3.63, 3.8) is 0 Å². The number of nitrogens with zero attached hydrogens (tertiary/aromatic N) is 2. The van der Waals surface area contributed by atoms with Gasteiger partial charge in [-0.3, -0.25) is 4.79 Å². The number of rotatable bonds is 3. The molecule has 1 fully saturated rings. The molecule has 1 atom stereocenters. The Morgan fingerprint density at radius 2 is 1.72 bits per heavy atom. The van der Waals surface area contributed by atoms with Crippen molar-refractivity contribution in [1.82, 2.24) is 9.80 Å². The first-order chi connectivity index (χ1) is 11.7. The molecule has 0 aliphatic carbocycles. The van der Waals surface area contributed by atoms with E-state index in [1.165, 1.54) is 0 Å². The molecule has 1 aromatic rings. The van der Waals surface area contributed by atoms with Gasteiger partial charge in [0.25, 0.3) is 0 Å². The Morgan fingerprint density at radius 3 is 2.28 bits per heavy atom. The quantitative estimate of drug-likeness (QED) is 0.685. The van der Waals surface area contributed by atoms with E-state index in [2.05, 4.69) is 15.9 Å². The van der Waals surface area contributed by atoms with Gasteiger partial charge in [-0.1, -0.05) is 45.7 Å². The summed E-state index contributed by atoms with van der Waals surface area (Å²) in [7, 11) is 0.